The van der Waals surface area contributed by atoms with E-state index in [0.717, 1.165) is 19.6 Å². The third kappa shape index (κ3) is 4.16. The van der Waals surface area contributed by atoms with Gasteiger partial charge in [-0.05, 0) is 38.1 Å². The number of nitrogens with two attached hydrogens (primary N) is 1. The van der Waals surface area contributed by atoms with E-state index in [1.807, 2.05) is 0 Å². The molecule has 0 aliphatic carbocycles. The third-order valence-corrected chi connectivity index (χ3v) is 5.02. The number of nitrogens with zero attached hydrogens (tertiary/aromatic N) is 2. The van der Waals surface area contributed by atoms with Gasteiger partial charge in [-0.1, -0.05) is 12.8 Å². The molecule has 2 rings (SSSR count). The number of likely N-dealkylation sites (tertiary alicyclic amines) is 1. The molecule has 2 heterocycles. The SMILES string of the molecule is Nc1ncccc1S(=O)(=O)NCCN1CCCCCC1. The van der Waals surface area contributed by atoms with Crippen LogP contribution >= 0.6 is 0 Å². The molecule has 0 atom stereocenters. The fourth-order valence-electron chi connectivity index (χ4n) is 2.41. The van der Waals surface area contributed by atoms with Crippen molar-refractivity contribution in [2.75, 3.05) is 31.9 Å². The van der Waals surface area contributed by atoms with Gasteiger partial charge in [0.2, 0.25) is 10.0 Å². The number of rotatable bonds is 5. The molecule has 1 saturated heterocycles. The van der Waals surface area contributed by atoms with E-state index >= 15 is 0 Å². The second-order valence-electron chi connectivity index (χ2n) is 5.04. The lowest BCUT2D eigenvalue weighted by Crippen LogP contribution is -2.35. The van der Waals surface area contributed by atoms with Crippen LogP contribution in [0.15, 0.2) is 23.2 Å². The second kappa shape index (κ2) is 7.01. The van der Waals surface area contributed by atoms with E-state index in [4.69, 9.17) is 5.73 Å². The molecular formula is C13H22N4O2S. The van der Waals surface area contributed by atoms with Gasteiger partial charge in [0.05, 0.1) is 0 Å². The highest BCUT2D eigenvalue weighted by atomic mass is 32.2. The zero-order valence-corrected chi connectivity index (χ0v) is 12.4. The van der Waals surface area contributed by atoms with Crippen LogP contribution in [0.3, 0.4) is 0 Å². The average Bonchev–Trinajstić information content (AvgIpc) is 2.67. The van der Waals surface area contributed by atoms with E-state index < -0.39 is 10.0 Å². The highest BCUT2D eigenvalue weighted by Gasteiger charge is 2.18. The van der Waals surface area contributed by atoms with Crippen LogP contribution in [0.25, 0.3) is 0 Å². The predicted octanol–water partition coefficient (Wildman–Crippen LogP) is 0.818. The fraction of sp³-hybridized carbons (Fsp3) is 0.615. The van der Waals surface area contributed by atoms with E-state index in [0.29, 0.717) is 6.54 Å². The van der Waals surface area contributed by atoms with Gasteiger partial charge in [0.15, 0.2) is 0 Å². The molecule has 0 saturated carbocycles. The fourth-order valence-corrected chi connectivity index (χ4v) is 3.51. The quantitative estimate of drug-likeness (QED) is 0.840. The van der Waals surface area contributed by atoms with Gasteiger partial charge in [-0.25, -0.2) is 18.1 Å². The Labute approximate surface area is 120 Å². The van der Waals surface area contributed by atoms with Crippen molar-refractivity contribution in [2.45, 2.75) is 30.6 Å². The summed E-state index contributed by atoms with van der Waals surface area (Å²) in [6.45, 7) is 3.24. The zero-order valence-electron chi connectivity index (χ0n) is 11.6. The number of anilines is 1. The first-order chi connectivity index (χ1) is 9.59. The van der Waals surface area contributed by atoms with Gasteiger partial charge in [0, 0.05) is 19.3 Å². The van der Waals surface area contributed by atoms with Gasteiger partial charge in [-0.15, -0.1) is 0 Å². The second-order valence-corrected chi connectivity index (χ2v) is 6.78. The number of nitrogen functional groups attached to an aromatic ring is 1. The highest BCUT2D eigenvalue weighted by molar-refractivity contribution is 7.89. The topological polar surface area (TPSA) is 88.3 Å². The summed E-state index contributed by atoms with van der Waals surface area (Å²) in [6.07, 6.45) is 6.42. The number of nitrogens with one attached hydrogen (secondary N) is 1. The van der Waals surface area contributed by atoms with Crippen molar-refractivity contribution in [1.29, 1.82) is 0 Å². The van der Waals surface area contributed by atoms with Crippen molar-refractivity contribution >= 4 is 15.8 Å². The van der Waals surface area contributed by atoms with Gasteiger partial charge in [-0.2, -0.15) is 0 Å². The summed E-state index contributed by atoms with van der Waals surface area (Å²) in [5.74, 6) is 0.0368. The average molecular weight is 298 g/mol. The lowest BCUT2D eigenvalue weighted by Gasteiger charge is -2.19. The van der Waals surface area contributed by atoms with Crippen molar-refractivity contribution in [3.8, 4) is 0 Å². The third-order valence-electron chi connectivity index (χ3n) is 3.51. The van der Waals surface area contributed by atoms with E-state index in [-0.39, 0.29) is 10.7 Å². The van der Waals surface area contributed by atoms with E-state index in [9.17, 15) is 8.42 Å². The lowest BCUT2D eigenvalue weighted by atomic mass is 10.2. The molecule has 0 bridgehead atoms. The molecule has 0 amide bonds. The number of sulfonamides is 1. The minimum absolute atomic E-state index is 0.0368. The summed E-state index contributed by atoms with van der Waals surface area (Å²) in [4.78, 5) is 6.16. The van der Waals surface area contributed by atoms with E-state index in [2.05, 4.69) is 14.6 Å². The first-order valence-corrected chi connectivity index (χ1v) is 8.50. The zero-order chi connectivity index (χ0) is 14.4. The molecule has 7 heteroatoms. The monoisotopic (exact) mass is 298 g/mol. The molecule has 112 valence electrons. The summed E-state index contributed by atoms with van der Waals surface area (Å²) in [6, 6.07) is 3.04. The molecule has 0 unspecified atom stereocenters. The van der Waals surface area contributed by atoms with Gasteiger partial charge < -0.3 is 10.6 Å². The van der Waals surface area contributed by atoms with E-state index in [1.165, 1.54) is 37.9 Å². The van der Waals surface area contributed by atoms with Gasteiger partial charge in [0.1, 0.15) is 10.7 Å². The number of hydrogen-bond acceptors (Lipinski definition) is 5. The number of hydrogen-bond donors (Lipinski definition) is 2. The minimum atomic E-state index is -3.57. The molecule has 1 fully saturated rings. The van der Waals surface area contributed by atoms with E-state index in [1.54, 1.807) is 6.07 Å². The molecule has 1 aliphatic rings. The molecular weight excluding hydrogens is 276 g/mol. The smallest absolute Gasteiger partial charge is 0.244 e. The maximum Gasteiger partial charge on any atom is 0.244 e. The maximum atomic E-state index is 12.1. The van der Waals surface area contributed by atoms with Crippen LogP contribution < -0.4 is 10.5 Å². The van der Waals surface area contributed by atoms with Crippen LogP contribution in [-0.4, -0.2) is 44.5 Å². The van der Waals surface area contributed by atoms with Crippen molar-refractivity contribution in [1.82, 2.24) is 14.6 Å². The Balaban J connectivity index is 1.88. The molecule has 6 nitrogen and oxygen atoms in total. The summed E-state index contributed by atoms with van der Waals surface area (Å²) < 4.78 is 26.8. The summed E-state index contributed by atoms with van der Waals surface area (Å²) in [5, 5.41) is 0. The van der Waals surface area contributed by atoms with Crippen molar-refractivity contribution < 1.29 is 8.42 Å². The maximum absolute atomic E-state index is 12.1. The molecule has 1 aliphatic heterocycles. The van der Waals surface area contributed by atoms with Crippen LogP contribution in [0.4, 0.5) is 5.82 Å². The first kappa shape index (κ1) is 15.2. The Bertz CT molecular complexity index is 525. The highest BCUT2D eigenvalue weighted by Crippen LogP contribution is 2.14. The molecule has 1 aromatic rings. The van der Waals surface area contributed by atoms with Crippen molar-refractivity contribution in [2.24, 2.45) is 0 Å². The molecule has 0 radical (unpaired) electrons. The molecule has 3 N–H and O–H groups in total. The van der Waals surface area contributed by atoms with Gasteiger partial charge >= 0.3 is 0 Å². The van der Waals surface area contributed by atoms with Crippen molar-refractivity contribution in [3.05, 3.63) is 18.3 Å². The van der Waals surface area contributed by atoms with Crippen LogP contribution in [-0.2, 0) is 10.0 Å². The van der Waals surface area contributed by atoms with Crippen molar-refractivity contribution in [3.63, 3.8) is 0 Å². The number of pyridine rings is 1. The summed E-state index contributed by atoms with van der Waals surface area (Å²) in [5.41, 5.74) is 5.60. The van der Waals surface area contributed by atoms with Gasteiger partial charge in [-0.3, -0.25) is 0 Å². The summed E-state index contributed by atoms with van der Waals surface area (Å²) >= 11 is 0. The number of aromatic nitrogens is 1. The molecule has 20 heavy (non-hydrogen) atoms. The Kier molecular flexibility index (Phi) is 5.33. The van der Waals surface area contributed by atoms with Crippen LogP contribution in [0.5, 0.6) is 0 Å². The predicted molar refractivity (Wildman–Crippen MR) is 78.7 cm³/mol. The normalized spacial score (nSPS) is 17.8. The Morgan fingerprint density at radius 1 is 1.25 bits per heavy atom. The van der Waals surface area contributed by atoms with Crippen LogP contribution in [0.1, 0.15) is 25.7 Å². The Morgan fingerprint density at radius 2 is 1.95 bits per heavy atom. The lowest BCUT2D eigenvalue weighted by molar-refractivity contribution is 0.290. The molecule has 1 aromatic heterocycles. The van der Waals surface area contributed by atoms with Crippen LogP contribution in [0, 0.1) is 0 Å². The molecule has 0 aromatic carbocycles. The summed E-state index contributed by atoms with van der Waals surface area (Å²) in [7, 11) is -3.57. The minimum Gasteiger partial charge on any atom is -0.383 e. The first-order valence-electron chi connectivity index (χ1n) is 7.02. The molecule has 0 spiro atoms. The standard InChI is InChI=1S/C13H22N4O2S/c14-13-12(6-5-7-15-13)20(18,19)16-8-11-17-9-3-1-2-4-10-17/h5-7,16H,1-4,8-11H2,(H2,14,15). The largest absolute Gasteiger partial charge is 0.383 e. The Hall–Kier alpha value is -1.18. The van der Waals surface area contributed by atoms with Gasteiger partial charge in [0.25, 0.3) is 0 Å². The Morgan fingerprint density at radius 3 is 2.60 bits per heavy atom. The van der Waals surface area contributed by atoms with Crippen LogP contribution in [0.2, 0.25) is 0 Å².